The summed E-state index contributed by atoms with van der Waals surface area (Å²) in [6.07, 6.45) is 1.43. The van der Waals surface area contributed by atoms with Gasteiger partial charge in [-0.15, -0.1) is 0 Å². The second kappa shape index (κ2) is 8.81. The quantitative estimate of drug-likeness (QED) is 0.334. The molecule has 0 saturated heterocycles. The molecule has 0 saturated carbocycles. The molecule has 3 aromatic carbocycles. The summed E-state index contributed by atoms with van der Waals surface area (Å²) in [5.74, 6) is -2.22. The molecule has 8 heteroatoms. The van der Waals surface area contributed by atoms with Crippen molar-refractivity contribution in [3.8, 4) is 11.5 Å². The molecule has 160 valence electrons. The van der Waals surface area contributed by atoms with E-state index in [4.69, 9.17) is 14.2 Å². The van der Waals surface area contributed by atoms with E-state index in [1.54, 1.807) is 12.1 Å². The minimum Gasteiger partial charge on any atom is -0.493 e. The van der Waals surface area contributed by atoms with Crippen LogP contribution < -0.4 is 9.47 Å². The van der Waals surface area contributed by atoms with Gasteiger partial charge in [0.05, 0.1) is 18.2 Å². The van der Waals surface area contributed by atoms with Gasteiger partial charge in [-0.1, -0.05) is 18.2 Å². The van der Waals surface area contributed by atoms with Gasteiger partial charge in [-0.25, -0.2) is 23.4 Å². The average molecular weight is 435 g/mol. The minimum absolute atomic E-state index is 0.0265. The Balaban J connectivity index is 1.58. The summed E-state index contributed by atoms with van der Waals surface area (Å²) >= 11 is 0. The van der Waals surface area contributed by atoms with Crippen molar-refractivity contribution in [3.05, 3.63) is 101 Å². The van der Waals surface area contributed by atoms with Crippen LogP contribution in [-0.2, 0) is 9.53 Å². The van der Waals surface area contributed by atoms with Gasteiger partial charge in [0.1, 0.15) is 11.6 Å². The molecule has 1 heterocycles. The fraction of sp³-hybridized carbons (Fsp3) is 0.0417. The van der Waals surface area contributed by atoms with Crippen molar-refractivity contribution in [2.45, 2.75) is 0 Å². The molecule has 6 nitrogen and oxygen atoms in total. The van der Waals surface area contributed by atoms with E-state index in [0.29, 0.717) is 5.56 Å². The first-order chi connectivity index (χ1) is 15.4. The first-order valence-corrected chi connectivity index (χ1v) is 9.38. The zero-order valence-electron chi connectivity index (χ0n) is 16.7. The molecule has 32 heavy (non-hydrogen) atoms. The van der Waals surface area contributed by atoms with E-state index in [1.807, 2.05) is 0 Å². The number of ether oxygens (including phenoxy) is 3. The summed E-state index contributed by atoms with van der Waals surface area (Å²) in [6, 6.07) is 15.3. The predicted octanol–water partition coefficient (Wildman–Crippen LogP) is 4.54. The van der Waals surface area contributed by atoms with Crippen LogP contribution in [0, 0.1) is 11.6 Å². The lowest BCUT2D eigenvalue weighted by molar-refractivity contribution is -0.129. The Bertz CT molecular complexity index is 1270. The molecule has 0 fully saturated rings. The molecule has 0 atom stereocenters. The van der Waals surface area contributed by atoms with Crippen LogP contribution in [0.5, 0.6) is 11.5 Å². The number of cyclic esters (lactones) is 1. The molecule has 0 amide bonds. The Hall–Kier alpha value is -4.33. The highest BCUT2D eigenvalue weighted by molar-refractivity contribution is 6.13. The summed E-state index contributed by atoms with van der Waals surface area (Å²) in [5, 5.41) is 0. The van der Waals surface area contributed by atoms with Crippen LogP contribution in [0.2, 0.25) is 0 Å². The lowest BCUT2D eigenvalue weighted by Crippen LogP contribution is -2.09. The topological polar surface area (TPSA) is 74.2 Å². The van der Waals surface area contributed by atoms with Crippen molar-refractivity contribution >= 4 is 23.9 Å². The number of carbonyl (C=O) groups is 2. The minimum atomic E-state index is -0.728. The van der Waals surface area contributed by atoms with Gasteiger partial charge in [-0.2, -0.15) is 0 Å². The summed E-state index contributed by atoms with van der Waals surface area (Å²) in [5.41, 5.74) is 0.725. The van der Waals surface area contributed by atoms with Gasteiger partial charge in [0.15, 0.2) is 17.2 Å². The maximum Gasteiger partial charge on any atom is 0.363 e. The fourth-order valence-electron chi connectivity index (χ4n) is 2.92. The Labute approximate surface area is 181 Å². The van der Waals surface area contributed by atoms with E-state index >= 15 is 0 Å². The highest BCUT2D eigenvalue weighted by atomic mass is 19.1. The summed E-state index contributed by atoms with van der Waals surface area (Å²) in [6.45, 7) is 0. The van der Waals surface area contributed by atoms with Gasteiger partial charge >= 0.3 is 11.9 Å². The molecule has 0 N–H and O–H groups in total. The molecule has 0 unspecified atom stereocenters. The SMILES string of the molecule is COc1cc(C=C2N=C(c3ccccc3F)OC2=O)ccc1OC(=O)c1ccc(F)cc1. The van der Waals surface area contributed by atoms with E-state index in [2.05, 4.69) is 4.99 Å². The molecule has 0 radical (unpaired) electrons. The lowest BCUT2D eigenvalue weighted by atomic mass is 10.1. The lowest BCUT2D eigenvalue weighted by Gasteiger charge is -2.10. The second-order valence-electron chi connectivity index (χ2n) is 6.62. The number of hydrogen-bond acceptors (Lipinski definition) is 6. The molecule has 3 aromatic rings. The number of halogens is 2. The molecular weight excluding hydrogens is 420 g/mol. The molecule has 4 rings (SSSR count). The van der Waals surface area contributed by atoms with Crippen molar-refractivity contribution in [2.24, 2.45) is 4.99 Å². The average Bonchev–Trinajstić information content (AvgIpc) is 3.15. The number of benzene rings is 3. The Kier molecular flexibility index (Phi) is 5.76. The van der Waals surface area contributed by atoms with Crippen LogP contribution in [0.15, 0.2) is 77.4 Å². The third-order valence-electron chi connectivity index (χ3n) is 4.50. The summed E-state index contributed by atoms with van der Waals surface area (Å²) < 4.78 is 42.7. The third-order valence-corrected chi connectivity index (χ3v) is 4.50. The van der Waals surface area contributed by atoms with E-state index in [1.165, 1.54) is 55.7 Å². The Morgan fingerprint density at radius 3 is 2.47 bits per heavy atom. The Morgan fingerprint density at radius 2 is 1.75 bits per heavy atom. The molecular formula is C24H15F2NO5. The van der Waals surface area contributed by atoms with Crippen LogP contribution in [0.25, 0.3) is 6.08 Å². The third kappa shape index (κ3) is 4.39. The van der Waals surface area contributed by atoms with E-state index in [9.17, 15) is 18.4 Å². The second-order valence-corrected chi connectivity index (χ2v) is 6.62. The van der Waals surface area contributed by atoms with Gasteiger partial charge in [0.2, 0.25) is 5.90 Å². The van der Waals surface area contributed by atoms with E-state index in [-0.39, 0.29) is 34.2 Å². The molecule has 0 spiro atoms. The summed E-state index contributed by atoms with van der Waals surface area (Å²) in [4.78, 5) is 28.5. The van der Waals surface area contributed by atoms with Crippen molar-refractivity contribution < 1.29 is 32.6 Å². The zero-order valence-corrected chi connectivity index (χ0v) is 16.7. The van der Waals surface area contributed by atoms with Crippen LogP contribution in [0.1, 0.15) is 21.5 Å². The first-order valence-electron chi connectivity index (χ1n) is 9.38. The number of rotatable bonds is 5. The molecule has 0 aliphatic carbocycles. The zero-order chi connectivity index (χ0) is 22.7. The number of carbonyl (C=O) groups excluding carboxylic acids is 2. The maximum absolute atomic E-state index is 13.9. The van der Waals surface area contributed by atoms with Crippen molar-refractivity contribution in [1.82, 2.24) is 0 Å². The molecule has 0 bridgehead atoms. The number of hydrogen-bond donors (Lipinski definition) is 0. The van der Waals surface area contributed by atoms with Crippen molar-refractivity contribution in [1.29, 1.82) is 0 Å². The maximum atomic E-state index is 13.9. The van der Waals surface area contributed by atoms with Gasteiger partial charge in [-0.3, -0.25) is 0 Å². The molecule has 1 aliphatic heterocycles. The monoisotopic (exact) mass is 435 g/mol. The smallest absolute Gasteiger partial charge is 0.363 e. The van der Waals surface area contributed by atoms with Gasteiger partial charge in [0, 0.05) is 0 Å². The van der Waals surface area contributed by atoms with Crippen LogP contribution >= 0.6 is 0 Å². The molecule has 0 aromatic heterocycles. The van der Waals surface area contributed by atoms with Gasteiger partial charge in [0.25, 0.3) is 0 Å². The van der Waals surface area contributed by atoms with Gasteiger partial charge in [-0.05, 0) is 60.2 Å². The van der Waals surface area contributed by atoms with E-state index in [0.717, 1.165) is 12.1 Å². The fourth-order valence-corrected chi connectivity index (χ4v) is 2.92. The summed E-state index contributed by atoms with van der Waals surface area (Å²) in [7, 11) is 1.39. The van der Waals surface area contributed by atoms with Crippen molar-refractivity contribution in [2.75, 3.05) is 7.11 Å². The largest absolute Gasteiger partial charge is 0.493 e. The first kappa shape index (κ1) is 20.9. The highest BCUT2D eigenvalue weighted by Gasteiger charge is 2.26. The van der Waals surface area contributed by atoms with E-state index < -0.39 is 23.6 Å². The van der Waals surface area contributed by atoms with Crippen molar-refractivity contribution in [3.63, 3.8) is 0 Å². The number of aliphatic imine (C=N–C) groups is 1. The normalized spacial score (nSPS) is 14.2. The standard InChI is InChI=1S/C24H15F2NO5/c1-30-21-13-14(6-11-20(21)31-23(28)15-7-9-16(25)10-8-15)12-19-24(29)32-22(27-19)17-4-2-3-5-18(17)26/h2-13H,1H3. The molecule has 1 aliphatic rings. The highest BCUT2D eigenvalue weighted by Crippen LogP contribution is 2.30. The van der Waals surface area contributed by atoms with Gasteiger partial charge < -0.3 is 14.2 Å². The Morgan fingerprint density at radius 1 is 1.00 bits per heavy atom. The number of esters is 2. The predicted molar refractivity (Wildman–Crippen MR) is 111 cm³/mol. The van der Waals surface area contributed by atoms with Crippen LogP contribution in [0.3, 0.4) is 0 Å². The van der Waals surface area contributed by atoms with Crippen LogP contribution in [-0.4, -0.2) is 24.9 Å². The van der Waals surface area contributed by atoms with Crippen LogP contribution in [0.4, 0.5) is 8.78 Å². The number of methoxy groups -OCH3 is 1. The number of nitrogens with zero attached hydrogens (tertiary/aromatic N) is 1.